The molecule has 0 saturated heterocycles. The molecule has 0 fully saturated rings. The van der Waals surface area contributed by atoms with E-state index in [-0.39, 0.29) is 0 Å². The molecule has 0 aliphatic heterocycles. The van der Waals surface area contributed by atoms with Crippen LogP contribution in [-0.4, -0.2) is 21.2 Å². The molecule has 0 aliphatic rings. The van der Waals surface area contributed by atoms with Gasteiger partial charge in [-0.2, -0.15) is 0 Å². The Hall–Kier alpha value is -9.06. The van der Waals surface area contributed by atoms with E-state index in [1.165, 1.54) is 16.3 Å². The predicted molar refractivity (Wildman–Crippen MR) is 280 cm³/mol. The number of aliphatic imine (C=N–C) groups is 2. The first-order valence-electron chi connectivity index (χ1n) is 22.6. The summed E-state index contributed by atoms with van der Waals surface area (Å²) in [5, 5.41) is 6.67. The van der Waals surface area contributed by atoms with Gasteiger partial charge in [-0.05, 0) is 70.3 Å². The van der Waals surface area contributed by atoms with Crippen LogP contribution in [0.5, 0.6) is 0 Å². The number of furan rings is 1. The van der Waals surface area contributed by atoms with Gasteiger partial charge in [0.1, 0.15) is 5.69 Å². The van der Waals surface area contributed by atoms with Gasteiger partial charge >= 0.3 is 0 Å². The summed E-state index contributed by atoms with van der Waals surface area (Å²) in [6.07, 6.45) is 1.89. The van der Waals surface area contributed by atoms with Crippen molar-refractivity contribution >= 4 is 83.3 Å². The topological polar surface area (TPSA) is 47.7 Å². The number of para-hydroxylation sites is 3. The Morgan fingerprint density at radius 1 is 0.373 bits per heavy atom. The Morgan fingerprint density at radius 3 is 1.51 bits per heavy atom. The van der Waals surface area contributed by atoms with Gasteiger partial charge in [-0.3, -0.25) is 0 Å². The molecule has 13 rings (SSSR count). The van der Waals surface area contributed by atoms with E-state index in [0.717, 1.165) is 99.7 Å². The molecule has 3 heterocycles. The number of nitrogens with zero attached hydrogens (tertiary/aromatic N) is 4. The van der Waals surface area contributed by atoms with Crippen LogP contribution >= 0.6 is 0 Å². The molecule has 314 valence electrons. The van der Waals surface area contributed by atoms with E-state index in [2.05, 4.69) is 209 Å². The summed E-state index contributed by atoms with van der Waals surface area (Å²) in [6.45, 7) is 0. The number of benzene rings is 10. The summed E-state index contributed by atoms with van der Waals surface area (Å²) in [7, 11) is 0. The lowest BCUT2D eigenvalue weighted by Gasteiger charge is -2.13. The second kappa shape index (κ2) is 15.9. The highest BCUT2D eigenvalue weighted by atomic mass is 16.3. The van der Waals surface area contributed by atoms with Gasteiger partial charge in [-0.25, -0.2) is 9.98 Å². The van der Waals surface area contributed by atoms with Crippen molar-refractivity contribution < 1.29 is 4.42 Å². The van der Waals surface area contributed by atoms with Gasteiger partial charge in [0.2, 0.25) is 0 Å². The quantitative estimate of drug-likeness (QED) is 0.116. The number of rotatable bonds is 7. The van der Waals surface area contributed by atoms with Gasteiger partial charge < -0.3 is 13.6 Å². The Morgan fingerprint density at radius 2 is 0.866 bits per heavy atom. The minimum atomic E-state index is 0.590. The molecule has 0 aliphatic carbocycles. The minimum Gasteiger partial charge on any atom is -0.452 e. The summed E-state index contributed by atoms with van der Waals surface area (Å²) < 4.78 is 12.2. The highest BCUT2D eigenvalue weighted by Crippen LogP contribution is 2.45. The summed E-state index contributed by atoms with van der Waals surface area (Å²) in [4.78, 5) is 10.6. The fourth-order valence-corrected chi connectivity index (χ4v) is 9.91. The van der Waals surface area contributed by atoms with Crippen LogP contribution in [-0.2, 0) is 0 Å². The third-order valence-electron chi connectivity index (χ3n) is 13.0. The van der Waals surface area contributed by atoms with E-state index < -0.39 is 0 Å². The maximum absolute atomic E-state index is 7.50. The van der Waals surface area contributed by atoms with Crippen LogP contribution < -0.4 is 0 Å². The van der Waals surface area contributed by atoms with Crippen molar-refractivity contribution in [3.05, 3.63) is 248 Å². The molecule has 13 aromatic rings. The Bertz CT molecular complexity index is 4070. The van der Waals surface area contributed by atoms with Gasteiger partial charge in [-0.1, -0.05) is 194 Å². The number of aromatic nitrogens is 2. The Balaban J connectivity index is 1.13. The molecule has 0 bridgehead atoms. The standard InChI is InChI=1S/C62H40N4O/c1-5-18-41(19-6-1)40-63-62(44-24-11-4-12-25-44)64-53-37-36-52-51-28-17-31-56(65-54-29-15-13-26-47(54)49-34-32-45(38-57(49)65)42-20-7-2-8-21-42)60(51)67-61(52)59(53)66-55-30-16-14-27-48(55)50-35-33-46(39-58(50)66)43-22-9-3-10-23-43/h1-40H. The molecule has 0 atom stereocenters. The van der Waals surface area contributed by atoms with E-state index in [4.69, 9.17) is 14.4 Å². The average molecular weight is 857 g/mol. The number of hydrogen-bond acceptors (Lipinski definition) is 2. The fraction of sp³-hybridized carbons (Fsp3) is 0. The second-order valence-electron chi connectivity index (χ2n) is 16.9. The van der Waals surface area contributed by atoms with Gasteiger partial charge in [-0.15, -0.1) is 0 Å². The van der Waals surface area contributed by atoms with E-state index in [9.17, 15) is 0 Å². The Labute approximate surface area is 386 Å². The summed E-state index contributed by atoms with van der Waals surface area (Å²) in [5.74, 6) is 0.590. The molecule has 0 N–H and O–H groups in total. The van der Waals surface area contributed by atoms with Crippen molar-refractivity contribution in [3.63, 3.8) is 0 Å². The zero-order valence-corrected chi connectivity index (χ0v) is 36.3. The van der Waals surface area contributed by atoms with Crippen molar-refractivity contribution in [3.8, 4) is 33.6 Å². The average Bonchev–Trinajstić information content (AvgIpc) is 4.06. The molecule has 0 unspecified atom stereocenters. The molecule has 0 amide bonds. The van der Waals surface area contributed by atoms with Gasteiger partial charge in [0.25, 0.3) is 0 Å². The van der Waals surface area contributed by atoms with Crippen LogP contribution in [0.15, 0.2) is 251 Å². The highest BCUT2D eigenvalue weighted by Gasteiger charge is 2.24. The van der Waals surface area contributed by atoms with Gasteiger partial charge in [0.15, 0.2) is 17.0 Å². The first kappa shape index (κ1) is 38.4. The molecule has 0 radical (unpaired) electrons. The van der Waals surface area contributed by atoms with Gasteiger partial charge in [0.05, 0.1) is 33.4 Å². The maximum Gasteiger partial charge on any atom is 0.161 e. The second-order valence-corrected chi connectivity index (χ2v) is 16.9. The first-order valence-corrected chi connectivity index (χ1v) is 22.6. The number of amidine groups is 1. The van der Waals surface area contributed by atoms with E-state index in [0.29, 0.717) is 5.84 Å². The predicted octanol–water partition coefficient (Wildman–Crippen LogP) is 16.3. The van der Waals surface area contributed by atoms with Crippen LogP contribution in [0.4, 0.5) is 5.69 Å². The van der Waals surface area contributed by atoms with Crippen molar-refractivity contribution in [2.75, 3.05) is 0 Å². The summed E-state index contributed by atoms with van der Waals surface area (Å²) >= 11 is 0. The van der Waals surface area contributed by atoms with Crippen LogP contribution in [0.3, 0.4) is 0 Å². The third kappa shape index (κ3) is 6.47. The molecule has 10 aromatic carbocycles. The first-order chi connectivity index (χ1) is 33.2. The van der Waals surface area contributed by atoms with Crippen molar-refractivity contribution in [2.45, 2.75) is 0 Å². The van der Waals surface area contributed by atoms with Crippen LogP contribution in [0.25, 0.3) is 99.2 Å². The molecule has 5 nitrogen and oxygen atoms in total. The van der Waals surface area contributed by atoms with Crippen molar-refractivity contribution in [1.29, 1.82) is 0 Å². The Kier molecular flexibility index (Phi) is 9.10. The zero-order chi connectivity index (χ0) is 44.3. The normalized spacial score (nSPS) is 12.2. The molecule has 0 spiro atoms. The summed E-state index contributed by atoms with van der Waals surface area (Å²) in [5.41, 5.74) is 14.9. The van der Waals surface area contributed by atoms with Crippen molar-refractivity contribution in [2.24, 2.45) is 9.98 Å². The monoisotopic (exact) mass is 856 g/mol. The summed E-state index contributed by atoms with van der Waals surface area (Å²) in [6, 6.07) is 83.3. The van der Waals surface area contributed by atoms with Gasteiger partial charge in [0, 0.05) is 44.1 Å². The maximum atomic E-state index is 7.50. The molecule has 67 heavy (non-hydrogen) atoms. The lowest BCUT2D eigenvalue weighted by molar-refractivity contribution is 0.664. The third-order valence-corrected chi connectivity index (χ3v) is 13.0. The van der Waals surface area contributed by atoms with Crippen LogP contribution in [0, 0.1) is 0 Å². The fourth-order valence-electron chi connectivity index (χ4n) is 9.91. The number of fused-ring (bicyclic) bond motifs is 9. The molecule has 3 aromatic heterocycles. The minimum absolute atomic E-state index is 0.590. The highest BCUT2D eigenvalue weighted by molar-refractivity contribution is 6.18. The van der Waals surface area contributed by atoms with E-state index >= 15 is 0 Å². The smallest absolute Gasteiger partial charge is 0.161 e. The lowest BCUT2D eigenvalue weighted by Crippen LogP contribution is -2.00. The molecule has 0 saturated carbocycles. The SMILES string of the molecule is C(=NC(=Nc1ccc2c(oc3c(-n4c5ccccc5c5ccc(-c6ccccc6)cc54)cccc32)c1-n1c2ccccc2c2ccc(-c3ccccc3)cc21)c1ccccc1)c1ccccc1. The molecular formula is C62H40N4O. The van der Waals surface area contributed by atoms with Crippen LogP contribution in [0.2, 0.25) is 0 Å². The van der Waals surface area contributed by atoms with E-state index in [1.54, 1.807) is 0 Å². The van der Waals surface area contributed by atoms with Crippen molar-refractivity contribution in [1.82, 2.24) is 9.13 Å². The zero-order valence-electron chi connectivity index (χ0n) is 36.3. The molecular weight excluding hydrogens is 817 g/mol. The largest absolute Gasteiger partial charge is 0.452 e. The van der Waals surface area contributed by atoms with E-state index in [1.807, 2.05) is 42.6 Å². The molecule has 5 heteroatoms. The number of hydrogen-bond donors (Lipinski definition) is 0. The van der Waals surface area contributed by atoms with Crippen LogP contribution in [0.1, 0.15) is 11.1 Å². The lowest BCUT2D eigenvalue weighted by atomic mass is 10.0.